The van der Waals surface area contributed by atoms with E-state index in [0.29, 0.717) is 25.2 Å². The van der Waals surface area contributed by atoms with E-state index in [1.54, 1.807) is 0 Å². The minimum Gasteiger partial charge on any atom is -0.489 e. The second-order valence-electron chi connectivity index (χ2n) is 6.83. The zero-order valence-electron chi connectivity index (χ0n) is 17.8. The SMILES string of the molecule is CCNC(=O)c1cccc(CN=C(NCC)NCC(C)Oc2ccccc2C)c1. The van der Waals surface area contributed by atoms with E-state index >= 15 is 0 Å². The minimum absolute atomic E-state index is 0.0129. The van der Waals surface area contributed by atoms with E-state index in [-0.39, 0.29) is 12.0 Å². The first-order chi connectivity index (χ1) is 14.0. The molecule has 0 fully saturated rings. The molecule has 0 spiro atoms. The predicted molar refractivity (Wildman–Crippen MR) is 119 cm³/mol. The van der Waals surface area contributed by atoms with Crippen molar-refractivity contribution in [3.63, 3.8) is 0 Å². The second kappa shape index (κ2) is 11.7. The maximum absolute atomic E-state index is 12.0. The zero-order chi connectivity index (χ0) is 21.1. The third-order valence-corrected chi connectivity index (χ3v) is 4.27. The van der Waals surface area contributed by atoms with Gasteiger partial charge < -0.3 is 20.7 Å². The van der Waals surface area contributed by atoms with Gasteiger partial charge in [0.15, 0.2) is 5.96 Å². The van der Waals surface area contributed by atoms with Crippen LogP contribution < -0.4 is 20.7 Å². The molecule has 2 aromatic carbocycles. The number of amides is 1. The van der Waals surface area contributed by atoms with Crippen LogP contribution in [0, 0.1) is 6.92 Å². The average molecular weight is 397 g/mol. The molecule has 0 heterocycles. The van der Waals surface area contributed by atoms with Gasteiger partial charge in [-0.1, -0.05) is 30.3 Å². The number of benzene rings is 2. The molecule has 0 aliphatic carbocycles. The van der Waals surface area contributed by atoms with Gasteiger partial charge in [0.05, 0.1) is 13.1 Å². The summed E-state index contributed by atoms with van der Waals surface area (Å²) in [4.78, 5) is 16.6. The lowest BCUT2D eigenvalue weighted by molar-refractivity contribution is 0.0955. The molecule has 0 saturated heterocycles. The number of guanidine groups is 1. The Hall–Kier alpha value is -3.02. The van der Waals surface area contributed by atoms with Crippen molar-refractivity contribution in [1.82, 2.24) is 16.0 Å². The summed E-state index contributed by atoms with van der Waals surface area (Å²) in [5.74, 6) is 1.55. The van der Waals surface area contributed by atoms with Crippen LogP contribution in [-0.2, 0) is 6.54 Å². The van der Waals surface area contributed by atoms with Crippen LogP contribution in [0.25, 0.3) is 0 Å². The van der Waals surface area contributed by atoms with Gasteiger partial charge in [-0.15, -0.1) is 0 Å². The van der Waals surface area contributed by atoms with Crippen LogP contribution in [0.2, 0.25) is 0 Å². The van der Waals surface area contributed by atoms with Crippen LogP contribution in [0.1, 0.15) is 42.3 Å². The van der Waals surface area contributed by atoms with Gasteiger partial charge in [-0.3, -0.25) is 4.79 Å². The molecule has 1 amide bonds. The summed E-state index contributed by atoms with van der Waals surface area (Å²) in [5, 5.41) is 9.39. The van der Waals surface area contributed by atoms with Crippen LogP contribution in [0.15, 0.2) is 53.5 Å². The van der Waals surface area contributed by atoms with E-state index in [1.165, 1.54) is 0 Å². The number of carbonyl (C=O) groups is 1. The number of para-hydroxylation sites is 1. The number of aryl methyl sites for hydroxylation is 1. The Morgan fingerprint density at radius 2 is 1.79 bits per heavy atom. The molecule has 0 bridgehead atoms. The van der Waals surface area contributed by atoms with E-state index in [4.69, 9.17) is 4.74 Å². The summed E-state index contributed by atoms with van der Waals surface area (Å²) in [6.07, 6.45) is -0.0129. The summed E-state index contributed by atoms with van der Waals surface area (Å²) in [6, 6.07) is 15.5. The molecular formula is C23H32N4O2. The van der Waals surface area contributed by atoms with E-state index in [1.807, 2.05) is 76.2 Å². The molecule has 6 heteroatoms. The third kappa shape index (κ3) is 7.49. The number of hydrogen-bond acceptors (Lipinski definition) is 3. The Balaban J connectivity index is 1.95. The molecule has 1 unspecified atom stereocenters. The lowest BCUT2D eigenvalue weighted by atomic mass is 10.1. The molecule has 2 rings (SSSR count). The normalized spacial score (nSPS) is 12.2. The standard InChI is InChI=1S/C23H32N4O2/c1-5-24-22(28)20-12-9-11-19(14-20)16-27-23(25-6-2)26-15-18(4)29-21-13-8-7-10-17(21)3/h7-14,18H,5-6,15-16H2,1-4H3,(H,24,28)(H2,25,26,27). The van der Waals surface area contributed by atoms with Gasteiger partial charge in [-0.2, -0.15) is 0 Å². The van der Waals surface area contributed by atoms with Crippen LogP contribution in [0.4, 0.5) is 0 Å². The molecule has 0 aliphatic heterocycles. The number of carbonyl (C=O) groups excluding carboxylic acids is 1. The molecule has 156 valence electrons. The minimum atomic E-state index is -0.0643. The smallest absolute Gasteiger partial charge is 0.251 e. The fourth-order valence-electron chi connectivity index (χ4n) is 2.77. The molecule has 29 heavy (non-hydrogen) atoms. The maximum atomic E-state index is 12.0. The van der Waals surface area contributed by atoms with Crippen molar-refractivity contribution in [2.75, 3.05) is 19.6 Å². The maximum Gasteiger partial charge on any atom is 0.251 e. The highest BCUT2D eigenvalue weighted by Crippen LogP contribution is 2.17. The summed E-state index contributed by atoms with van der Waals surface area (Å²) < 4.78 is 6.01. The second-order valence-corrected chi connectivity index (χ2v) is 6.83. The first-order valence-electron chi connectivity index (χ1n) is 10.1. The van der Waals surface area contributed by atoms with Gasteiger partial charge in [0.25, 0.3) is 5.91 Å². The van der Waals surface area contributed by atoms with Crippen LogP contribution >= 0.6 is 0 Å². The van der Waals surface area contributed by atoms with Crippen molar-refractivity contribution >= 4 is 11.9 Å². The number of rotatable bonds is 9. The Morgan fingerprint density at radius 1 is 1.03 bits per heavy atom. The highest BCUT2D eigenvalue weighted by Gasteiger charge is 2.08. The summed E-state index contributed by atoms with van der Waals surface area (Å²) >= 11 is 0. The molecule has 0 aromatic heterocycles. The largest absolute Gasteiger partial charge is 0.489 e. The first kappa shape index (κ1) is 22.3. The topological polar surface area (TPSA) is 74.8 Å². The van der Waals surface area contributed by atoms with Gasteiger partial charge >= 0.3 is 0 Å². The van der Waals surface area contributed by atoms with E-state index in [2.05, 4.69) is 20.9 Å². The van der Waals surface area contributed by atoms with Gasteiger partial charge in [0.2, 0.25) is 0 Å². The lowest BCUT2D eigenvalue weighted by Gasteiger charge is -2.18. The Morgan fingerprint density at radius 3 is 2.52 bits per heavy atom. The Bertz CT molecular complexity index is 820. The van der Waals surface area contributed by atoms with E-state index in [9.17, 15) is 4.79 Å². The number of hydrogen-bond donors (Lipinski definition) is 3. The quantitative estimate of drug-likeness (QED) is 0.449. The first-order valence-corrected chi connectivity index (χ1v) is 10.1. The van der Waals surface area contributed by atoms with Gasteiger partial charge in [-0.25, -0.2) is 4.99 Å². The molecule has 0 saturated carbocycles. The number of ether oxygens (including phenoxy) is 1. The van der Waals surface area contributed by atoms with Gasteiger partial charge in [0.1, 0.15) is 11.9 Å². The Labute approximate surface area is 173 Å². The lowest BCUT2D eigenvalue weighted by Crippen LogP contribution is -2.41. The fourth-order valence-corrected chi connectivity index (χ4v) is 2.77. The molecule has 3 N–H and O–H groups in total. The summed E-state index contributed by atoms with van der Waals surface area (Å²) in [6.45, 7) is 10.5. The Kier molecular flexibility index (Phi) is 9.02. The van der Waals surface area contributed by atoms with Gasteiger partial charge in [-0.05, 0) is 57.0 Å². The van der Waals surface area contributed by atoms with Crippen LogP contribution in [0.5, 0.6) is 5.75 Å². The van der Waals surface area contributed by atoms with Crippen molar-refractivity contribution in [2.45, 2.75) is 40.3 Å². The molecule has 2 aromatic rings. The van der Waals surface area contributed by atoms with Crippen molar-refractivity contribution in [1.29, 1.82) is 0 Å². The number of nitrogens with zero attached hydrogens (tertiary/aromatic N) is 1. The van der Waals surface area contributed by atoms with Crippen LogP contribution in [0.3, 0.4) is 0 Å². The van der Waals surface area contributed by atoms with Crippen molar-refractivity contribution < 1.29 is 9.53 Å². The number of nitrogens with one attached hydrogen (secondary N) is 3. The van der Waals surface area contributed by atoms with Crippen molar-refractivity contribution in [3.05, 3.63) is 65.2 Å². The predicted octanol–water partition coefficient (Wildman–Crippen LogP) is 3.27. The third-order valence-electron chi connectivity index (χ3n) is 4.27. The van der Waals surface area contributed by atoms with Crippen molar-refractivity contribution in [3.8, 4) is 5.75 Å². The molecule has 1 atom stereocenters. The number of aliphatic imine (C=N–C) groups is 1. The summed E-state index contributed by atoms with van der Waals surface area (Å²) in [7, 11) is 0. The van der Waals surface area contributed by atoms with E-state index in [0.717, 1.165) is 29.4 Å². The molecular weight excluding hydrogens is 364 g/mol. The van der Waals surface area contributed by atoms with E-state index < -0.39 is 0 Å². The van der Waals surface area contributed by atoms with Crippen molar-refractivity contribution in [2.24, 2.45) is 4.99 Å². The molecule has 6 nitrogen and oxygen atoms in total. The van der Waals surface area contributed by atoms with Crippen LogP contribution in [-0.4, -0.2) is 37.6 Å². The highest BCUT2D eigenvalue weighted by molar-refractivity contribution is 5.94. The molecule has 0 radical (unpaired) electrons. The highest BCUT2D eigenvalue weighted by atomic mass is 16.5. The van der Waals surface area contributed by atoms with Gasteiger partial charge in [0, 0.05) is 18.7 Å². The average Bonchev–Trinajstić information content (AvgIpc) is 2.72. The fraction of sp³-hybridized carbons (Fsp3) is 0.391. The zero-order valence-corrected chi connectivity index (χ0v) is 17.8. The summed E-state index contributed by atoms with van der Waals surface area (Å²) in [5.41, 5.74) is 2.75. The molecule has 0 aliphatic rings. The monoisotopic (exact) mass is 396 g/mol.